The minimum atomic E-state index is -0.231. The van der Waals surface area contributed by atoms with Crippen molar-refractivity contribution < 1.29 is 41.8 Å². The fourth-order valence-electron chi connectivity index (χ4n) is 18.2. The third kappa shape index (κ3) is 14.9. The van der Waals surface area contributed by atoms with E-state index in [-0.39, 0.29) is 34.3 Å². The predicted octanol–water partition coefficient (Wildman–Crippen LogP) is 28.8. The molecule has 16 rings (SSSR count). The van der Waals surface area contributed by atoms with Crippen molar-refractivity contribution in [2.24, 2.45) is 17.3 Å². The zero-order valence-corrected chi connectivity index (χ0v) is 61.1. The van der Waals surface area contributed by atoms with E-state index >= 15 is 0 Å². The molecule has 12 aromatic carbocycles. The lowest BCUT2D eigenvalue weighted by Gasteiger charge is -2.61. The first kappa shape index (κ1) is 69.6. The number of hydrogen-bond acceptors (Lipinski definition) is 4. The molecule has 0 spiro atoms. The van der Waals surface area contributed by atoms with Gasteiger partial charge in [0.25, 0.3) is 0 Å². The first-order valence-electron chi connectivity index (χ1n) is 37.9. The van der Waals surface area contributed by atoms with Gasteiger partial charge in [-0.05, 0) is 322 Å². The Morgan fingerprint density at radius 3 is 1.45 bits per heavy atom. The molecule has 4 nitrogen and oxygen atoms in total. The van der Waals surface area contributed by atoms with Gasteiger partial charge in [-0.2, -0.15) is 0 Å². The first-order valence-corrected chi connectivity index (χ1v) is 37.9. The molecule has 3 atom stereocenters. The number of hydrogen-bond donors (Lipinski definition) is 0. The van der Waals surface area contributed by atoms with Crippen LogP contribution in [0.5, 0.6) is 23.0 Å². The minimum absolute atomic E-state index is 0. The highest BCUT2D eigenvalue weighted by Crippen LogP contribution is 2.66. The smallest absolute Gasteiger partial charge is 0.140 e. The van der Waals surface area contributed by atoms with Crippen molar-refractivity contribution in [3.8, 4) is 164 Å². The average Bonchev–Trinajstić information content (AvgIpc) is 0.736. The maximum atomic E-state index is 7.49. The number of fused-ring (bicyclic) bond motifs is 6. The largest absolute Gasteiger partial charge is 0.494 e. The molecule has 0 heterocycles. The summed E-state index contributed by atoms with van der Waals surface area (Å²) in [4.78, 5) is 0. The molecule has 4 saturated carbocycles. The van der Waals surface area contributed by atoms with Crippen LogP contribution < -0.4 is 18.9 Å². The fourth-order valence-corrected chi connectivity index (χ4v) is 18.2. The Morgan fingerprint density at radius 2 is 0.868 bits per heavy atom. The molecular weight excluding hydrogens is 1290 g/mol. The van der Waals surface area contributed by atoms with Crippen LogP contribution in [0.25, 0.3) is 109 Å². The molecule has 12 aromatic rings. The van der Waals surface area contributed by atoms with Gasteiger partial charge < -0.3 is 18.9 Å². The van der Waals surface area contributed by atoms with E-state index in [1.165, 1.54) is 80.7 Å². The van der Waals surface area contributed by atoms with Gasteiger partial charge in [-0.15, -0.1) is 12.8 Å². The summed E-state index contributed by atoms with van der Waals surface area (Å²) >= 11 is 0. The lowest BCUT2D eigenvalue weighted by atomic mass is 9.43. The molecule has 0 radical (unpaired) electrons. The second-order valence-electron chi connectivity index (χ2n) is 29.9. The summed E-state index contributed by atoms with van der Waals surface area (Å²) in [6, 6.07) is 73.8. The number of ether oxygens (including phenoxy) is 4. The van der Waals surface area contributed by atoms with Gasteiger partial charge in [-0.25, -0.2) is 0 Å². The number of benzene rings is 12. The van der Waals surface area contributed by atoms with Gasteiger partial charge in [-0.3, -0.25) is 0 Å². The van der Waals surface area contributed by atoms with Crippen LogP contribution in [0.1, 0.15) is 169 Å². The van der Waals surface area contributed by atoms with E-state index in [0.717, 1.165) is 171 Å². The quantitative estimate of drug-likeness (QED) is 0.0385. The molecule has 3 unspecified atom stereocenters. The molecule has 0 saturated heterocycles. The van der Waals surface area contributed by atoms with Crippen LogP contribution in [0.15, 0.2) is 200 Å². The summed E-state index contributed by atoms with van der Waals surface area (Å²) < 4.78 is 26.5. The van der Waals surface area contributed by atoms with Crippen molar-refractivity contribution in [1.29, 1.82) is 0 Å². The van der Waals surface area contributed by atoms with Gasteiger partial charge in [0.15, 0.2) is 0 Å². The maximum absolute atomic E-state index is 7.49. The van der Waals surface area contributed by atoms with Crippen molar-refractivity contribution in [2.45, 2.75) is 142 Å². The van der Waals surface area contributed by atoms with Gasteiger partial charge in [0.05, 0.1) is 6.61 Å². The normalized spacial score (nSPS) is 16.8. The second-order valence-corrected chi connectivity index (χ2v) is 29.9. The molecule has 4 bridgehead atoms. The van der Waals surface area contributed by atoms with Crippen LogP contribution in [0.2, 0.25) is 0 Å². The molecule has 0 aromatic heterocycles. The van der Waals surface area contributed by atoms with Crippen LogP contribution in [0, 0.1) is 120 Å². The Bertz CT molecular complexity index is 5970. The van der Waals surface area contributed by atoms with Gasteiger partial charge in [0.1, 0.15) is 41.3 Å². The third-order valence-corrected chi connectivity index (χ3v) is 22.4. The Hall–Kier alpha value is -12.1. The monoisotopic (exact) mass is 1400 g/mol. The van der Waals surface area contributed by atoms with Crippen molar-refractivity contribution in [1.82, 2.24) is 0 Å². The Balaban J connectivity index is 0. The van der Waals surface area contributed by atoms with Crippen LogP contribution in [-0.2, 0) is 5.41 Å². The zero-order chi connectivity index (χ0) is 72.4. The lowest BCUT2D eigenvalue weighted by molar-refractivity contribution is -0.0615. The summed E-state index contributed by atoms with van der Waals surface area (Å²) in [5.41, 5.74) is 13.4. The van der Waals surface area contributed by atoms with E-state index in [1.54, 1.807) is 0 Å². The molecule has 0 N–H and O–H groups in total. The molecule has 4 fully saturated rings. The van der Waals surface area contributed by atoms with Crippen molar-refractivity contribution in [2.75, 3.05) is 6.61 Å². The number of unbranched alkanes of at least 4 members (excludes halogenated alkanes) is 7. The highest BCUT2D eigenvalue weighted by Gasteiger charge is 2.56. The Labute approximate surface area is 649 Å². The van der Waals surface area contributed by atoms with Crippen molar-refractivity contribution in [3.05, 3.63) is 217 Å². The summed E-state index contributed by atoms with van der Waals surface area (Å²) in [7, 11) is 0. The lowest BCUT2D eigenvalue weighted by Crippen LogP contribution is -2.52. The molecule has 4 heteroatoms. The number of terminal acetylenes is 2. The van der Waals surface area contributed by atoms with Crippen LogP contribution in [0.3, 0.4) is 0 Å². The topological polar surface area (TPSA) is 36.9 Å². The highest BCUT2D eigenvalue weighted by atomic mass is 16.5. The van der Waals surface area contributed by atoms with Gasteiger partial charge in [0, 0.05) is 58.3 Å². The summed E-state index contributed by atoms with van der Waals surface area (Å²) in [6.45, 7) is 9.90. The number of rotatable bonds is 22. The van der Waals surface area contributed by atoms with Crippen molar-refractivity contribution >= 4 is 64.6 Å². The SMILES string of the molecule is C#CC#CC#CC#COc1ccc2c(-c3ccc4cc(C(CCCCC)Oc5ccc6c(-c7ccc(C89CC%10CC(CC(C)(C%10)C8)C9)cc7)c7cc(OC#CC#CC#CC#C)ccc7c(-c7ccc(C)cc7)c6c5)ccc4c3)c3cc(OCCCCCCCC)ccc3c(-c3ccc4ccccc4c3)c2c1.[HH].[HH].[HH].[HH].[HH].[HH].[HH].[HH].[HH].[HH].[HH].[HH].[HH].[HH].[HH].[HH]. The Kier molecular flexibility index (Phi) is 20.7. The second kappa shape index (κ2) is 31.5. The molecular formula is C102H116O4. The predicted molar refractivity (Wildman–Crippen MR) is 475 cm³/mol. The zero-order valence-electron chi connectivity index (χ0n) is 61.1. The number of aryl methyl sites for hydroxylation is 1. The standard InChI is InChI=1S/C102H84O4.16H2/c1-7-11-15-18-21-27-55-103-84-47-51-88-92(62-84)98(76-43-45-83(46-44-76)102-68-72-58-73(69-102)67-101(6,66-72)70-102)89-54-50-87(65-95(89)97(88)75-35-33-71(5)34-36-75)106-96(32-24-14-10-4)80-40-38-79-61-82(42-39-78(79)59-80)100-91-53-49-85(104-56-28-22-19-16-12-8-2)63-93(91)99(81-41-37-74-30-25-26-31-77(74)60-81)90-52-48-86(64-94(90)100)105-57-29-23-20-17-13-9-3;;;;;;;;;;;;;;;;/h1-2,25-26,30-31,33-54,59-65,72-73,96H,9-10,13-14,17,20,23-24,29,32,57-58,66-70H2,3-6H3;16*1H. The average molecular weight is 1410 g/mol. The minimum Gasteiger partial charge on any atom is -0.494 e. The van der Waals surface area contributed by atoms with E-state index in [2.05, 4.69) is 299 Å². The molecule has 4 aliphatic carbocycles. The third-order valence-electron chi connectivity index (χ3n) is 22.4. The van der Waals surface area contributed by atoms with E-state index in [1.807, 2.05) is 12.1 Å². The van der Waals surface area contributed by atoms with E-state index in [9.17, 15) is 0 Å². The first-order chi connectivity index (χ1) is 52.1. The van der Waals surface area contributed by atoms with E-state index in [4.69, 9.17) is 31.8 Å². The molecule has 4 aliphatic rings. The summed E-state index contributed by atoms with van der Waals surface area (Å²) in [6.07, 6.45) is 35.2. The van der Waals surface area contributed by atoms with Crippen LogP contribution >= 0.6 is 0 Å². The summed E-state index contributed by atoms with van der Waals surface area (Å²) in [5, 5.41) is 13.3. The van der Waals surface area contributed by atoms with Gasteiger partial charge in [0.2, 0.25) is 0 Å². The van der Waals surface area contributed by atoms with Crippen molar-refractivity contribution in [3.63, 3.8) is 0 Å². The van der Waals surface area contributed by atoms with Gasteiger partial charge in [-0.1, -0.05) is 193 Å². The molecule has 0 amide bonds. The van der Waals surface area contributed by atoms with E-state index < -0.39 is 0 Å². The van der Waals surface area contributed by atoms with Crippen LogP contribution in [-0.4, -0.2) is 6.61 Å². The highest BCUT2D eigenvalue weighted by molar-refractivity contribution is 6.24. The molecule has 0 aliphatic heterocycles. The Morgan fingerprint density at radius 1 is 0.415 bits per heavy atom. The van der Waals surface area contributed by atoms with E-state index in [0.29, 0.717) is 23.5 Å². The molecule has 106 heavy (non-hydrogen) atoms. The van der Waals surface area contributed by atoms with Crippen LogP contribution in [0.4, 0.5) is 0 Å². The van der Waals surface area contributed by atoms with Gasteiger partial charge >= 0.3 is 0 Å². The fraction of sp³-hybridized carbons (Fsp3) is 0.255. The molecule has 548 valence electrons. The summed E-state index contributed by atoms with van der Waals surface area (Å²) in [5.74, 6) is 35.8. The maximum Gasteiger partial charge on any atom is 0.140 e.